The number of nitrogens with zero attached hydrogens (tertiary/aromatic N) is 1. The molecule has 2 aromatic rings. The summed E-state index contributed by atoms with van der Waals surface area (Å²) >= 11 is 1.68. The van der Waals surface area contributed by atoms with E-state index in [4.69, 9.17) is 4.74 Å². The number of anilines is 2. The monoisotopic (exact) mass is 356 g/mol. The number of ether oxygens (including phenoxy) is 1. The summed E-state index contributed by atoms with van der Waals surface area (Å²) in [6.45, 7) is 2.25. The molecule has 3 rings (SSSR count). The number of carbonyl (C=O) groups excluding carboxylic acids is 1. The van der Waals surface area contributed by atoms with Gasteiger partial charge in [0, 0.05) is 29.4 Å². The van der Waals surface area contributed by atoms with Crippen LogP contribution < -0.4 is 15.0 Å². The van der Waals surface area contributed by atoms with Crippen molar-refractivity contribution in [3.05, 3.63) is 48.5 Å². The maximum atomic E-state index is 12.0. The molecule has 0 saturated carbocycles. The zero-order valence-electron chi connectivity index (χ0n) is 14.5. The Bertz CT molecular complexity index is 680. The number of hydrogen-bond donors (Lipinski definition) is 1. The highest BCUT2D eigenvalue weighted by atomic mass is 32.2. The molecule has 0 radical (unpaired) electrons. The summed E-state index contributed by atoms with van der Waals surface area (Å²) in [5, 5.41) is 2.88. The van der Waals surface area contributed by atoms with Crippen LogP contribution in [-0.4, -0.2) is 31.9 Å². The third kappa shape index (κ3) is 5.16. The van der Waals surface area contributed by atoms with Gasteiger partial charge in [0.05, 0.1) is 0 Å². The van der Waals surface area contributed by atoms with Gasteiger partial charge < -0.3 is 15.0 Å². The normalized spacial score (nSPS) is 14.2. The fourth-order valence-corrected chi connectivity index (χ4v) is 3.33. The minimum absolute atomic E-state index is 0.00644. The molecule has 4 nitrogen and oxygen atoms in total. The summed E-state index contributed by atoms with van der Waals surface area (Å²) in [5.41, 5.74) is 2.02. The lowest BCUT2D eigenvalue weighted by Gasteiger charge is -2.28. The molecule has 1 aliphatic rings. The fourth-order valence-electron chi connectivity index (χ4n) is 2.93. The van der Waals surface area contributed by atoms with Crippen LogP contribution >= 0.6 is 11.8 Å². The first-order valence-corrected chi connectivity index (χ1v) is 9.89. The minimum Gasteiger partial charge on any atom is -0.484 e. The van der Waals surface area contributed by atoms with Crippen molar-refractivity contribution in [1.82, 2.24) is 0 Å². The van der Waals surface area contributed by atoms with Crippen molar-refractivity contribution in [3.8, 4) is 5.75 Å². The van der Waals surface area contributed by atoms with Crippen LogP contribution in [0.5, 0.6) is 5.75 Å². The number of piperidine rings is 1. The highest BCUT2D eigenvalue weighted by Gasteiger charge is 2.11. The van der Waals surface area contributed by atoms with E-state index in [2.05, 4.69) is 22.3 Å². The molecule has 5 heteroatoms. The van der Waals surface area contributed by atoms with Gasteiger partial charge in [-0.25, -0.2) is 0 Å². The quantitative estimate of drug-likeness (QED) is 0.778. The Morgan fingerprint density at radius 1 is 1.04 bits per heavy atom. The molecule has 1 N–H and O–H groups in total. The fraction of sp³-hybridized carbons (Fsp3) is 0.350. The maximum Gasteiger partial charge on any atom is 0.262 e. The van der Waals surface area contributed by atoms with Crippen molar-refractivity contribution >= 4 is 29.0 Å². The summed E-state index contributed by atoms with van der Waals surface area (Å²) in [4.78, 5) is 15.6. The van der Waals surface area contributed by atoms with Crippen LogP contribution in [0.2, 0.25) is 0 Å². The van der Waals surface area contributed by atoms with Crippen molar-refractivity contribution in [2.24, 2.45) is 0 Å². The third-order valence-electron chi connectivity index (χ3n) is 4.30. The van der Waals surface area contributed by atoms with Gasteiger partial charge in [0.2, 0.25) is 0 Å². The van der Waals surface area contributed by atoms with Crippen LogP contribution in [0.4, 0.5) is 11.4 Å². The molecule has 0 aromatic heterocycles. The summed E-state index contributed by atoms with van der Waals surface area (Å²) in [6.07, 6.45) is 5.87. The molecule has 0 aliphatic carbocycles. The van der Waals surface area contributed by atoms with Gasteiger partial charge in [-0.1, -0.05) is 0 Å². The molecule has 0 unspecified atom stereocenters. The van der Waals surface area contributed by atoms with Crippen LogP contribution in [0.3, 0.4) is 0 Å². The van der Waals surface area contributed by atoms with E-state index in [-0.39, 0.29) is 12.5 Å². The lowest BCUT2D eigenvalue weighted by molar-refractivity contribution is -0.118. The Morgan fingerprint density at radius 2 is 1.72 bits per heavy atom. The van der Waals surface area contributed by atoms with Gasteiger partial charge in [0.25, 0.3) is 5.91 Å². The second-order valence-electron chi connectivity index (χ2n) is 6.11. The molecule has 0 spiro atoms. The summed E-state index contributed by atoms with van der Waals surface area (Å²) in [6, 6.07) is 15.8. The second kappa shape index (κ2) is 8.81. The van der Waals surface area contributed by atoms with Gasteiger partial charge in [-0.15, -0.1) is 11.8 Å². The number of carbonyl (C=O) groups is 1. The molecule has 132 valence electrons. The van der Waals surface area contributed by atoms with Gasteiger partial charge in [-0.2, -0.15) is 0 Å². The van der Waals surface area contributed by atoms with Crippen LogP contribution in [0.25, 0.3) is 0 Å². The average Bonchev–Trinajstić information content (AvgIpc) is 2.68. The van der Waals surface area contributed by atoms with E-state index in [9.17, 15) is 4.79 Å². The van der Waals surface area contributed by atoms with Crippen LogP contribution in [-0.2, 0) is 4.79 Å². The SMILES string of the molecule is CSc1ccc(OCC(=O)Nc2ccc(N3CCCCC3)cc2)cc1. The van der Waals surface area contributed by atoms with E-state index in [1.807, 2.05) is 42.7 Å². The largest absolute Gasteiger partial charge is 0.484 e. The van der Waals surface area contributed by atoms with E-state index in [1.165, 1.54) is 29.8 Å². The first-order chi connectivity index (χ1) is 12.2. The lowest BCUT2D eigenvalue weighted by atomic mass is 10.1. The van der Waals surface area contributed by atoms with E-state index >= 15 is 0 Å². The molecule has 2 aromatic carbocycles. The highest BCUT2D eigenvalue weighted by molar-refractivity contribution is 7.98. The predicted molar refractivity (Wildman–Crippen MR) is 105 cm³/mol. The number of benzene rings is 2. The van der Waals surface area contributed by atoms with Crippen molar-refractivity contribution in [3.63, 3.8) is 0 Å². The first kappa shape index (κ1) is 17.7. The molecule has 1 amide bonds. The van der Waals surface area contributed by atoms with Crippen molar-refractivity contribution in [2.75, 3.05) is 36.2 Å². The van der Waals surface area contributed by atoms with Crippen LogP contribution in [0, 0.1) is 0 Å². The van der Waals surface area contributed by atoms with Gasteiger partial charge >= 0.3 is 0 Å². The molecule has 1 saturated heterocycles. The third-order valence-corrected chi connectivity index (χ3v) is 5.05. The van der Waals surface area contributed by atoms with Crippen molar-refractivity contribution < 1.29 is 9.53 Å². The molecule has 0 atom stereocenters. The molecule has 0 bridgehead atoms. The zero-order chi connectivity index (χ0) is 17.5. The van der Waals surface area contributed by atoms with E-state index in [0.717, 1.165) is 18.8 Å². The number of nitrogens with one attached hydrogen (secondary N) is 1. The van der Waals surface area contributed by atoms with Gasteiger partial charge in [0.15, 0.2) is 6.61 Å². The Labute approximate surface area is 153 Å². The lowest BCUT2D eigenvalue weighted by Crippen LogP contribution is -2.29. The molecule has 1 fully saturated rings. The predicted octanol–water partition coefficient (Wildman–Crippen LogP) is 4.42. The number of hydrogen-bond acceptors (Lipinski definition) is 4. The molecular formula is C20H24N2O2S. The number of thioether (sulfide) groups is 1. The Kier molecular flexibility index (Phi) is 6.23. The van der Waals surface area contributed by atoms with Gasteiger partial charge in [-0.3, -0.25) is 4.79 Å². The number of amides is 1. The van der Waals surface area contributed by atoms with E-state index in [1.54, 1.807) is 11.8 Å². The topological polar surface area (TPSA) is 41.6 Å². The summed E-state index contributed by atoms with van der Waals surface area (Å²) in [7, 11) is 0. The Balaban J connectivity index is 1.48. The molecule has 1 aliphatic heterocycles. The van der Waals surface area contributed by atoms with Gasteiger partial charge in [0.1, 0.15) is 5.75 Å². The second-order valence-corrected chi connectivity index (χ2v) is 6.99. The standard InChI is InChI=1S/C20H24N2O2S/c1-25-19-11-9-18(10-12-19)24-15-20(23)21-16-5-7-17(8-6-16)22-13-3-2-4-14-22/h5-12H,2-4,13-15H2,1H3,(H,21,23). The smallest absolute Gasteiger partial charge is 0.262 e. The van der Waals surface area contributed by atoms with Crippen molar-refractivity contribution in [1.29, 1.82) is 0 Å². The van der Waals surface area contributed by atoms with Crippen LogP contribution in [0.15, 0.2) is 53.4 Å². The van der Waals surface area contributed by atoms with Crippen molar-refractivity contribution in [2.45, 2.75) is 24.2 Å². The minimum atomic E-state index is -0.153. The Morgan fingerprint density at radius 3 is 2.36 bits per heavy atom. The number of rotatable bonds is 6. The molecule has 25 heavy (non-hydrogen) atoms. The Hall–Kier alpha value is -2.14. The van der Waals surface area contributed by atoms with Crippen LogP contribution in [0.1, 0.15) is 19.3 Å². The molecule has 1 heterocycles. The zero-order valence-corrected chi connectivity index (χ0v) is 15.3. The first-order valence-electron chi connectivity index (χ1n) is 8.66. The summed E-state index contributed by atoms with van der Waals surface area (Å²) < 4.78 is 5.53. The average molecular weight is 356 g/mol. The maximum absolute atomic E-state index is 12.0. The highest BCUT2D eigenvalue weighted by Crippen LogP contribution is 2.22. The van der Waals surface area contributed by atoms with E-state index < -0.39 is 0 Å². The van der Waals surface area contributed by atoms with Gasteiger partial charge in [-0.05, 0) is 74.0 Å². The summed E-state index contributed by atoms with van der Waals surface area (Å²) in [5.74, 6) is 0.549. The molecular weight excluding hydrogens is 332 g/mol. The van der Waals surface area contributed by atoms with E-state index in [0.29, 0.717) is 5.75 Å².